The van der Waals surface area contributed by atoms with E-state index in [4.69, 9.17) is 0 Å². The minimum atomic E-state index is -4.60. The lowest BCUT2D eigenvalue weighted by atomic mass is 10.0. The monoisotopic (exact) mass is 579 g/mol. The maximum atomic E-state index is 13.9. The molecule has 0 bridgehead atoms. The van der Waals surface area contributed by atoms with E-state index in [9.17, 15) is 22.8 Å². The predicted molar refractivity (Wildman–Crippen MR) is 154 cm³/mol. The maximum Gasteiger partial charge on any atom is 0.416 e. The molecule has 7 nitrogen and oxygen atoms in total. The fourth-order valence-corrected chi connectivity index (χ4v) is 5.31. The summed E-state index contributed by atoms with van der Waals surface area (Å²) in [7, 11) is 0. The van der Waals surface area contributed by atoms with Gasteiger partial charge in [-0.25, -0.2) is 0 Å². The van der Waals surface area contributed by atoms with Crippen LogP contribution in [-0.2, 0) is 12.7 Å². The molecule has 5 rings (SSSR count). The number of benzene rings is 2. The zero-order chi connectivity index (χ0) is 29.0. The van der Waals surface area contributed by atoms with Crippen molar-refractivity contribution in [1.29, 1.82) is 0 Å². The van der Waals surface area contributed by atoms with Crippen LogP contribution in [0.25, 0.3) is 10.4 Å². The second-order valence-corrected chi connectivity index (χ2v) is 10.7. The quantitative estimate of drug-likeness (QED) is 0.248. The lowest BCUT2D eigenvalue weighted by molar-refractivity contribution is -0.138. The lowest BCUT2D eigenvalue weighted by Gasteiger charge is -2.28. The third-order valence-electron chi connectivity index (χ3n) is 6.83. The highest BCUT2D eigenvalue weighted by Crippen LogP contribution is 2.34. The maximum absolute atomic E-state index is 13.9. The van der Waals surface area contributed by atoms with E-state index in [2.05, 4.69) is 20.9 Å². The van der Waals surface area contributed by atoms with Crippen molar-refractivity contribution in [3.63, 3.8) is 0 Å². The van der Waals surface area contributed by atoms with Gasteiger partial charge in [-0.3, -0.25) is 19.5 Å². The van der Waals surface area contributed by atoms with E-state index in [-0.39, 0.29) is 23.6 Å². The topological polar surface area (TPSA) is 86.4 Å². The van der Waals surface area contributed by atoms with Gasteiger partial charge >= 0.3 is 6.18 Å². The van der Waals surface area contributed by atoms with Gasteiger partial charge in [0.15, 0.2) is 0 Å². The zero-order valence-corrected chi connectivity index (χ0v) is 23.0. The van der Waals surface area contributed by atoms with E-state index >= 15 is 0 Å². The van der Waals surface area contributed by atoms with Gasteiger partial charge in [-0.05, 0) is 59.8 Å². The third kappa shape index (κ3) is 6.99. The number of amides is 2. The lowest BCUT2D eigenvalue weighted by Crippen LogP contribution is -2.43. The van der Waals surface area contributed by atoms with Gasteiger partial charge in [0.05, 0.1) is 11.1 Å². The van der Waals surface area contributed by atoms with Gasteiger partial charge in [0.25, 0.3) is 11.8 Å². The summed E-state index contributed by atoms with van der Waals surface area (Å²) < 4.78 is 41.8. The third-order valence-corrected chi connectivity index (χ3v) is 7.75. The van der Waals surface area contributed by atoms with Gasteiger partial charge in [-0.1, -0.05) is 18.2 Å². The van der Waals surface area contributed by atoms with E-state index in [0.717, 1.165) is 35.2 Å². The normalized spacial score (nSPS) is 14.0. The molecule has 1 fully saturated rings. The fourth-order valence-electron chi connectivity index (χ4n) is 4.60. The number of carbonyl (C=O) groups excluding carboxylic acids is 2. The Morgan fingerprint density at radius 3 is 2.49 bits per heavy atom. The second-order valence-electron chi connectivity index (χ2n) is 9.77. The molecule has 212 valence electrons. The molecule has 41 heavy (non-hydrogen) atoms. The summed E-state index contributed by atoms with van der Waals surface area (Å²) in [6.07, 6.45) is -1.44. The summed E-state index contributed by atoms with van der Waals surface area (Å²) in [6.45, 7) is 4.71. The van der Waals surface area contributed by atoms with E-state index in [1.807, 2.05) is 22.4 Å². The van der Waals surface area contributed by atoms with Gasteiger partial charge in [0.1, 0.15) is 0 Å². The van der Waals surface area contributed by atoms with Crippen molar-refractivity contribution in [2.45, 2.75) is 19.6 Å². The Labute approximate surface area is 239 Å². The molecule has 1 saturated heterocycles. The predicted octanol–water partition coefficient (Wildman–Crippen LogP) is 6.05. The van der Waals surface area contributed by atoms with Crippen LogP contribution in [0.15, 0.2) is 72.4 Å². The average Bonchev–Trinajstić information content (AvgIpc) is 3.50. The highest BCUT2D eigenvalue weighted by Gasteiger charge is 2.34. The van der Waals surface area contributed by atoms with Crippen LogP contribution in [0.5, 0.6) is 0 Å². The van der Waals surface area contributed by atoms with Crippen molar-refractivity contribution in [1.82, 2.24) is 15.2 Å². The van der Waals surface area contributed by atoms with Crippen molar-refractivity contribution < 1.29 is 22.8 Å². The molecule has 1 aliphatic heterocycles. The highest BCUT2D eigenvalue weighted by atomic mass is 32.1. The SMILES string of the molecule is Cc1ccc(NC(=O)c2ccc(CN3CCNCC3)c(C(F)(F)F)c2)cc1NC(=O)c1cncc(-c2cccs2)c1. The van der Waals surface area contributed by atoms with Crippen LogP contribution in [0, 0.1) is 6.92 Å². The zero-order valence-electron chi connectivity index (χ0n) is 22.2. The Bertz CT molecular complexity index is 1550. The molecule has 0 unspecified atom stereocenters. The molecule has 2 aromatic carbocycles. The minimum absolute atomic E-state index is 0.107. The number of piperazine rings is 1. The first-order valence-electron chi connectivity index (χ1n) is 13.0. The van der Waals surface area contributed by atoms with Crippen molar-refractivity contribution in [3.05, 3.63) is 100 Å². The molecule has 1 aliphatic rings. The molecule has 3 heterocycles. The molecule has 2 amide bonds. The number of aryl methyl sites for hydroxylation is 1. The number of hydrogen-bond acceptors (Lipinski definition) is 6. The summed E-state index contributed by atoms with van der Waals surface area (Å²) in [5.41, 5.74) is 1.93. The number of nitrogens with zero attached hydrogens (tertiary/aromatic N) is 2. The summed E-state index contributed by atoms with van der Waals surface area (Å²) in [6, 6.07) is 14.2. The first-order chi connectivity index (χ1) is 19.7. The van der Waals surface area contributed by atoms with Crippen LogP contribution in [0.3, 0.4) is 0 Å². The van der Waals surface area contributed by atoms with Crippen LogP contribution < -0.4 is 16.0 Å². The number of rotatable bonds is 7. The van der Waals surface area contributed by atoms with Gasteiger partial charge in [-0.15, -0.1) is 11.3 Å². The average molecular weight is 580 g/mol. The van der Waals surface area contributed by atoms with E-state index < -0.39 is 17.6 Å². The number of alkyl halides is 3. The van der Waals surface area contributed by atoms with Crippen molar-refractivity contribution in [3.8, 4) is 10.4 Å². The van der Waals surface area contributed by atoms with Crippen LogP contribution in [0.2, 0.25) is 0 Å². The number of halogens is 3. The molecule has 3 N–H and O–H groups in total. The summed E-state index contributed by atoms with van der Waals surface area (Å²) in [5, 5.41) is 10.6. The number of anilines is 2. The van der Waals surface area contributed by atoms with Crippen molar-refractivity contribution in [2.24, 2.45) is 0 Å². The van der Waals surface area contributed by atoms with Crippen molar-refractivity contribution in [2.75, 3.05) is 36.8 Å². The minimum Gasteiger partial charge on any atom is -0.322 e. The number of carbonyl (C=O) groups is 2. The molecule has 0 aliphatic carbocycles. The van der Waals surface area contributed by atoms with E-state index in [1.165, 1.54) is 18.3 Å². The van der Waals surface area contributed by atoms with Gasteiger partial charge in [-0.2, -0.15) is 13.2 Å². The Morgan fingerprint density at radius 2 is 1.76 bits per heavy atom. The molecular formula is C30H28F3N5O2S. The van der Waals surface area contributed by atoms with Crippen LogP contribution in [-0.4, -0.2) is 47.9 Å². The van der Waals surface area contributed by atoms with E-state index in [1.54, 1.807) is 48.7 Å². The van der Waals surface area contributed by atoms with Crippen LogP contribution in [0.1, 0.15) is 37.4 Å². The smallest absolute Gasteiger partial charge is 0.322 e. The largest absolute Gasteiger partial charge is 0.416 e. The number of nitrogens with one attached hydrogen (secondary N) is 3. The van der Waals surface area contributed by atoms with Crippen LogP contribution >= 0.6 is 11.3 Å². The standard InChI is InChI=1S/C30H28F3N5O2S/c1-19-4-7-24(15-26(19)37-29(40)23-13-22(16-35-17-23)27-3-2-12-41-27)36-28(39)20-5-6-21(25(14-20)30(31,32)33)18-38-10-8-34-9-11-38/h2-7,12-17,34H,8-11,18H2,1H3,(H,36,39)(H,37,40). The molecule has 2 aromatic heterocycles. The van der Waals surface area contributed by atoms with E-state index in [0.29, 0.717) is 30.0 Å². The Balaban J connectivity index is 1.31. The highest BCUT2D eigenvalue weighted by molar-refractivity contribution is 7.13. The molecule has 0 saturated carbocycles. The Hall–Kier alpha value is -4.06. The molecule has 4 aromatic rings. The molecule has 0 atom stereocenters. The number of thiophene rings is 1. The second kappa shape index (κ2) is 12.2. The fraction of sp³-hybridized carbons (Fsp3) is 0.233. The molecule has 0 spiro atoms. The Kier molecular flexibility index (Phi) is 8.48. The van der Waals surface area contributed by atoms with Gasteiger partial charge < -0.3 is 16.0 Å². The summed E-state index contributed by atoms with van der Waals surface area (Å²) in [5.74, 6) is -1.06. The number of pyridine rings is 1. The first kappa shape index (κ1) is 28.5. The molecular weight excluding hydrogens is 551 g/mol. The summed E-state index contributed by atoms with van der Waals surface area (Å²) >= 11 is 1.54. The Morgan fingerprint density at radius 1 is 0.976 bits per heavy atom. The number of hydrogen-bond donors (Lipinski definition) is 3. The first-order valence-corrected chi connectivity index (χ1v) is 13.9. The summed E-state index contributed by atoms with van der Waals surface area (Å²) in [4.78, 5) is 33.1. The van der Waals surface area contributed by atoms with Crippen LogP contribution in [0.4, 0.5) is 24.5 Å². The van der Waals surface area contributed by atoms with Gasteiger partial charge in [0, 0.05) is 72.5 Å². The molecule has 0 radical (unpaired) electrons. The van der Waals surface area contributed by atoms with Crippen molar-refractivity contribution >= 4 is 34.5 Å². The van der Waals surface area contributed by atoms with Gasteiger partial charge in [0.2, 0.25) is 0 Å². The number of aromatic nitrogens is 1. The molecule has 11 heteroatoms.